The molecule has 2 aromatic rings. The van der Waals surface area contributed by atoms with Gasteiger partial charge in [-0.15, -0.1) is 0 Å². The van der Waals surface area contributed by atoms with Crippen molar-refractivity contribution in [3.63, 3.8) is 0 Å². The first-order valence-corrected chi connectivity index (χ1v) is 7.90. The number of fused-ring (bicyclic) bond motifs is 1. The molecule has 0 atom stereocenters. The Morgan fingerprint density at radius 2 is 1.91 bits per heavy atom. The van der Waals surface area contributed by atoms with Crippen LogP contribution in [-0.4, -0.2) is 17.6 Å². The van der Waals surface area contributed by atoms with E-state index in [1.54, 1.807) is 6.92 Å². The molecule has 0 aliphatic heterocycles. The Morgan fingerprint density at radius 1 is 1.26 bits per heavy atom. The monoisotopic (exact) mass is 317 g/mol. The molecule has 23 heavy (non-hydrogen) atoms. The number of rotatable bonds is 3. The van der Waals surface area contributed by atoms with E-state index in [2.05, 4.69) is 4.98 Å². The average molecular weight is 317 g/mol. The fourth-order valence-electron chi connectivity index (χ4n) is 2.63. The quantitative estimate of drug-likeness (QED) is 0.788. The van der Waals surface area contributed by atoms with Crippen LogP contribution in [0.2, 0.25) is 0 Å². The van der Waals surface area contributed by atoms with E-state index in [-0.39, 0.29) is 23.6 Å². The Bertz CT molecular complexity index is 760. The molecule has 1 aromatic carbocycles. The number of hydrogen-bond acceptors (Lipinski definition) is 3. The van der Waals surface area contributed by atoms with Crippen LogP contribution in [-0.2, 0) is 21.4 Å². The molecule has 124 valence electrons. The molecule has 0 spiro atoms. The molecule has 0 saturated carbocycles. The molecule has 0 aliphatic carbocycles. The number of esters is 1. The topological polar surface area (TPSA) is 39.2 Å². The Labute approximate surface area is 136 Å². The van der Waals surface area contributed by atoms with E-state index >= 15 is 0 Å². The maximum absolute atomic E-state index is 14.6. The normalized spacial score (nSPS) is 11.8. The van der Waals surface area contributed by atoms with Crippen molar-refractivity contribution >= 4 is 16.9 Å². The molecular formula is C19H24FNO2. The van der Waals surface area contributed by atoms with Crippen molar-refractivity contribution in [1.82, 2.24) is 4.98 Å². The highest BCUT2D eigenvalue weighted by Crippen LogP contribution is 2.31. The minimum absolute atomic E-state index is 0.132. The van der Waals surface area contributed by atoms with Gasteiger partial charge < -0.3 is 4.74 Å². The zero-order chi connectivity index (χ0) is 17.4. The van der Waals surface area contributed by atoms with Crippen LogP contribution in [0.15, 0.2) is 12.1 Å². The minimum atomic E-state index is -0.347. The number of carbonyl (C=O) groups is 1. The highest BCUT2D eigenvalue weighted by molar-refractivity contribution is 5.89. The second-order valence-corrected chi connectivity index (χ2v) is 6.89. The van der Waals surface area contributed by atoms with Crippen molar-refractivity contribution in [2.45, 2.75) is 53.4 Å². The van der Waals surface area contributed by atoms with E-state index < -0.39 is 0 Å². The van der Waals surface area contributed by atoms with Crippen molar-refractivity contribution in [3.8, 4) is 0 Å². The second kappa shape index (κ2) is 6.26. The van der Waals surface area contributed by atoms with E-state index in [4.69, 9.17) is 4.74 Å². The predicted octanol–water partition coefficient (Wildman–Crippen LogP) is 4.39. The number of benzene rings is 1. The molecule has 1 heterocycles. The first-order valence-electron chi connectivity index (χ1n) is 7.90. The van der Waals surface area contributed by atoms with Gasteiger partial charge in [0.15, 0.2) is 0 Å². The molecule has 0 amide bonds. The van der Waals surface area contributed by atoms with Crippen LogP contribution in [0.25, 0.3) is 10.9 Å². The number of ether oxygens (including phenoxy) is 1. The summed E-state index contributed by atoms with van der Waals surface area (Å²) in [7, 11) is 0. The Kier molecular flexibility index (Phi) is 4.73. The van der Waals surface area contributed by atoms with E-state index in [9.17, 15) is 9.18 Å². The van der Waals surface area contributed by atoms with Crippen LogP contribution in [0.5, 0.6) is 0 Å². The Morgan fingerprint density at radius 3 is 2.48 bits per heavy atom. The fourth-order valence-corrected chi connectivity index (χ4v) is 2.63. The molecule has 0 radical (unpaired) electrons. The average Bonchev–Trinajstić information content (AvgIpc) is 2.44. The van der Waals surface area contributed by atoms with Crippen molar-refractivity contribution in [1.29, 1.82) is 0 Å². The largest absolute Gasteiger partial charge is 0.466 e. The van der Waals surface area contributed by atoms with Gasteiger partial charge in [-0.1, -0.05) is 20.8 Å². The molecule has 0 N–H and O–H groups in total. The van der Waals surface area contributed by atoms with Gasteiger partial charge in [0, 0.05) is 11.1 Å². The van der Waals surface area contributed by atoms with Crippen molar-refractivity contribution < 1.29 is 13.9 Å². The van der Waals surface area contributed by atoms with Crippen molar-refractivity contribution in [2.75, 3.05) is 6.61 Å². The van der Waals surface area contributed by atoms with Crippen LogP contribution in [0.1, 0.15) is 50.1 Å². The Hall–Kier alpha value is -1.97. The number of halogens is 1. The van der Waals surface area contributed by atoms with Gasteiger partial charge in [0.25, 0.3) is 0 Å². The van der Waals surface area contributed by atoms with Gasteiger partial charge in [0.05, 0.1) is 13.0 Å². The van der Waals surface area contributed by atoms with Gasteiger partial charge >= 0.3 is 5.97 Å². The summed E-state index contributed by atoms with van der Waals surface area (Å²) in [5.74, 6) is -0.648. The molecule has 0 bridgehead atoms. The maximum atomic E-state index is 14.6. The van der Waals surface area contributed by atoms with Gasteiger partial charge in [0.2, 0.25) is 0 Å². The predicted molar refractivity (Wildman–Crippen MR) is 90.2 cm³/mol. The lowest BCUT2D eigenvalue weighted by Crippen LogP contribution is -2.14. The summed E-state index contributed by atoms with van der Waals surface area (Å²) < 4.78 is 19.6. The fraction of sp³-hybridized carbons (Fsp3) is 0.474. The number of hydrogen-bond donors (Lipinski definition) is 0. The van der Waals surface area contributed by atoms with E-state index in [1.165, 1.54) is 6.07 Å². The smallest absolute Gasteiger partial charge is 0.310 e. The van der Waals surface area contributed by atoms with Gasteiger partial charge in [0.1, 0.15) is 11.3 Å². The number of aryl methyl sites for hydroxylation is 1. The third kappa shape index (κ3) is 3.52. The molecule has 1 aromatic heterocycles. The third-order valence-corrected chi connectivity index (χ3v) is 4.16. The van der Waals surface area contributed by atoms with Crippen molar-refractivity contribution in [3.05, 3.63) is 40.3 Å². The molecule has 0 fully saturated rings. The SMILES string of the molecule is CCOC(=O)Cc1c(C)c(C)nc2c(F)cc(C(C)(C)C)cc12. The highest BCUT2D eigenvalue weighted by Gasteiger charge is 2.21. The van der Waals surface area contributed by atoms with Crippen LogP contribution in [0, 0.1) is 19.7 Å². The summed E-state index contributed by atoms with van der Waals surface area (Å²) in [4.78, 5) is 16.3. The van der Waals surface area contributed by atoms with E-state index in [0.29, 0.717) is 17.5 Å². The summed E-state index contributed by atoms with van der Waals surface area (Å²) in [6.45, 7) is 12.0. The zero-order valence-electron chi connectivity index (χ0n) is 14.7. The maximum Gasteiger partial charge on any atom is 0.310 e. The third-order valence-electron chi connectivity index (χ3n) is 4.16. The van der Waals surface area contributed by atoms with Crippen LogP contribution < -0.4 is 0 Å². The van der Waals surface area contributed by atoms with E-state index in [1.807, 2.05) is 40.7 Å². The van der Waals surface area contributed by atoms with Crippen LogP contribution in [0.4, 0.5) is 4.39 Å². The lowest BCUT2D eigenvalue weighted by molar-refractivity contribution is -0.142. The number of aromatic nitrogens is 1. The lowest BCUT2D eigenvalue weighted by Gasteiger charge is -2.21. The highest BCUT2D eigenvalue weighted by atomic mass is 19.1. The Balaban J connectivity index is 2.74. The number of pyridine rings is 1. The standard InChI is InChI=1S/C19H24FNO2/c1-7-23-17(22)10-14-11(2)12(3)21-18-15(14)8-13(9-16(18)20)19(4,5)6/h8-9H,7,10H2,1-6H3. The molecule has 3 nitrogen and oxygen atoms in total. The minimum Gasteiger partial charge on any atom is -0.466 e. The second-order valence-electron chi connectivity index (χ2n) is 6.89. The molecule has 4 heteroatoms. The lowest BCUT2D eigenvalue weighted by atomic mass is 9.85. The van der Waals surface area contributed by atoms with Crippen LogP contribution in [0.3, 0.4) is 0 Å². The summed E-state index contributed by atoms with van der Waals surface area (Å²) in [5.41, 5.74) is 3.47. The van der Waals surface area contributed by atoms with Gasteiger partial charge in [-0.05, 0) is 55.0 Å². The summed E-state index contributed by atoms with van der Waals surface area (Å²) >= 11 is 0. The number of nitrogens with zero attached hydrogens (tertiary/aromatic N) is 1. The molecule has 0 saturated heterocycles. The molecular weight excluding hydrogens is 293 g/mol. The van der Waals surface area contributed by atoms with E-state index in [0.717, 1.165) is 22.4 Å². The van der Waals surface area contributed by atoms with Crippen LogP contribution >= 0.6 is 0 Å². The van der Waals surface area contributed by atoms with Gasteiger partial charge in [-0.2, -0.15) is 0 Å². The molecule has 0 aliphatic rings. The van der Waals surface area contributed by atoms with Crippen molar-refractivity contribution in [2.24, 2.45) is 0 Å². The molecule has 0 unspecified atom stereocenters. The summed E-state index contributed by atoms with van der Waals surface area (Å²) in [6, 6.07) is 3.49. The summed E-state index contributed by atoms with van der Waals surface area (Å²) in [6.07, 6.45) is 0.132. The van der Waals surface area contributed by atoms with Gasteiger partial charge in [-0.3, -0.25) is 4.79 Å². The first kappa shape index (κ1) is 17.4. The summed E-state index contributed by atoms with van der Waals surface area (Å²) in [5, 5.41) is 0.700. The number of carbonyl (C=O) groups excluding carboxylic acids is 1. The molecule has 2 rings (SSSR count). The van der Waals surface area contributed by atoms with Gasteiger partial charge in [-0.25, -0.2) is 9.37 Å². The zero-order valence-corrected chi connectivity index (χ0v) is 14.7. The first-order chi connectivity index (χ1) is 10.6.